The highest BCUT2D eigenvalue weighted by atomic mass is 35.5. The molecule has 10 nitrogen and oxygen atoms in total. The van der Waals surface area contributed by atoms with Crippen LogP contribution >= 0.6 is 11.6 Å². The summed E-state index contributed by atoms with van der Waals surface area (Å²) in [5.74, 6) is -0.958. The third kappa shape index (κ3) is 7.15. The number of furan rings is 1. The first kappa shape index (κ1) is 29.4. The maximum absolute atomic E-state index is 13.3. The lowest BCUT2D eigenvalue weighted by molar-refractivity contribution is -0.129. The second kappa shape index (κ2) is 12.8. The fourth-order valence-electron chi connectivity index (χ4n) is 4.42. The molecule has 212 valence electrons. The summed E-state index contributed by atoms with van der Waals surface area (Å²) < 4.78 is 32.7. The van der Waals surface area contributed by atoms with Gasteiger partial charge in [-0.1, -0.05) is 31.5 Å². The molecule has 2 N–H and O–H groups in total. The maximum Gasteiger partial charge on any atom is 0.287 e. The summed E-state index contributed by atoms with van der Waals surface area (Å²) in [4.78, 5) is 43.2. The van der Waals surface area contributed by atoms with E-state index < -0.39 is 39.7 Å². The fourth-order valence-corrected chi connectivity index (χ4v) is 5.92. The molecule has 0 saturated carbocycles. The summed E-state index contributed by atoms with van der Waals surface area (Å²) >= 11 is 5.94. The molecule has 3 aromatic rings. The van der Waals surface area contributed by atoms with Crippen LogP contribution in [-0.2, 0) is 19.6 Å². The first-order valence-corrected chi connectivity index (χ1v) is 14.8. The number of nitrogens with zero attached hydrogens (tertiary/aromatic N) is 2. The molecule has 0 bridgehead atoms. The minimum Gasteiger partial charge on any atom is -0.451 e. The first-order valence-electron chi connectivity index (χ1n) is 13.0. The Morgan fingerprint density at radius 3 is 2.55 bits per heavy atom. The highest BCUT2D eigenvalue weighted by Gasteiger charge is 2.35. The van der Waals surface area contributed by atoms with Gasteiger partial charge < -0.3 is 15.1 Å². The van der Waals surface area contributed by atoms with Crippen molar-refractivity contribution in [1.82, 2.24) is 19.9 Å². The van der Waals surface area contributed by atoms with Crippen molar-refractivity contribution in [1.29, 1.82) is 0 Å². The van der Waals surface area contributed by atoms with Crippen molar-refractivity contribution in [2.24, 2.45) is 5.92 Å². The van der Waals surface area contributed by atoms with Crippen LogP contribution in [0.25, 0.3) is 11.3 Å². The van der Waals surface area contributed by atoms with Gasteiger partial charge in [0.05, 0.1) is 12.6 Å². The molecule has 1 aliphatic rings. The molecular weight excluding hydrogens is 556 g/mol. The van der Waals surface area contributed by atoms with Crippen molar-refractivity contribution in [2.75, 3.05) is 13.1 Å². The SMILES string of the molecule is CC(C)CC(NC(=O)c1ccc(-c2ccc(Cl)cc2)o1)C(=O)N[C@@H]1CCCN(S(=O)(=O)c2ccccn2)CC1=O. The second-order valence-corrected chi connectivity index (χ2v) is 12.3. The Morgan fingerprint density at radius 1 is 1.12 bits per heavy atom. The fraction of sp³-hybridized carbons (Fsp3) is 0.357. The minimum atomic E-state index is -3.95. The van der Waals surface area contributed by atoms with E-state index in [0.717, 1.165) is 9.87 Å². The number of hydrogen-bond donors (Lipinski definition) is 2. The van der Waals surface area contributed by atoms with Crippen molar-refractivity contribution in [2.45, 2.75) is 50.2 Å². The third-order valence-corrected chi connectivity index (χ3v) is 8.48. The standard InChI is InChI=1S/C28H31ClN4O6S/c1-18(2)16-22(32-28(36)25-13-12-24(39-25)19-8-10-20(29)11-9-19)27(35)31-21-6-5-15-33(17-23(21)34)40(37,38)26-7-3-4-14-30-26/h3-4,7-14,18,21-22H,5-6,15-17H2,1-2H3,(H,31,35)(H,32,36)/t21-,22?/m1/s1. The summed E-state index contributed by atoms with van der Waals surface area (Å²) in [6.45, 7) is 3.56. The number of pyridine rings is 1. The molecule has 2 amide bonds. The summed E-state index contributed by atoms with van der Waals surface area (Å²) in [6, 6.07) is 12.9. The Bertz CT molecular complexity index is 1460. The molecule has 2 aromatic heterocycles. The van der Waals surface area contributed by atoms with Gasteiger partial charge in [0.15, 0.2) is 16.6 Å². The summed E-state index contributed by atoms with van der Waals surface area (Å²) in [7, 11) is -3.95. The van der Waals surface area contributed by atoms with Crippen LogP contribution in [0, 0.1) is 5.92 Å². The Kier molecular flexibility index (Phi) is 9.39. The number of sulfonamides is 1. The molecule has 1 aromatic carbocycles. The average Bonchev–Trinajstić information content (AvgIpc) is 3.35. The molecule has 1 fully saturated rings. The van der Waals surface area contributed by atoms with Gasteiger partial charge >= 0.3 is 0 Å². The number of hydrogen-bond acceptors (Lipinski definition) is 7. The van der Waals surface area contributed by atoms with Gasteiger partial charge in [-0.2, -0.15) is 4.31 Å². The van der Waals surface area contributed by atoms with Crippen LogP contribution in [0.4, 0.5) is 0 Å². The van der Waals surface area contributed by atoms with Crippen LogP contribution in [0.3, 0.4) is 0 Å². The predicted octanol–water partition coefficient (Wildman–Crippen LogP) is 3.68. The van der Waals surface area contributed by atoms with E-state index in [2.05, 4.69) is 15.6 Å². The van der Waals surface area contributed by atoms with E-state index >= 15 is 0 Å². The molecular formula is C28H31ClN4O6S. The molecule has 1 unspecified atom stereocenters. The van der Waals surface area contributed by atoms with Gasteiger partial charge in [-0.3, -0.25) is 14.4 Å². The van der Waals surface area contributed by atoms with E-state index in [1.54, 1.807) is 42.5 Å². The number of amides is 2. The van der Waals surface area contributed by atoms with Gasteiger partial charge in [0, 0.05) is 23.3 Å². The summed E-state index contributed by atoms with van der Waals surface area (Å²) in [5, 5.41) is 5.89. The summed E-state index contributed by atoms with van der Waals surface area (Å²) in [5.41, 5.74) is 0.742. The Hall–Kier alpha value is -3.54. The quantitative estimate of drug-likeness (QED) is 0.390. The summed E-state index contributed by atoms with van der Waals surface area (Å²) in [6.07, 6.45) is 2.33. The Labute approximate surface area is 238 Å². The highest BCUT2D eigenvalue weighted by molar-refractivity contribution is 7.89. The molecule has 1 saturated heterocycles. The largest absolute Gasteiger partial charge is 0.451 e. The topological polar surface area (TPSA) is 139 Å². The van der Waals surface area contributed by atoms with Crippen molar-refractivity contribution < 1.29 is 27.2 Å². The number of ketones is 1. The van der Waals surface area contributed by atoms with Crippen LogP contribution in [0.15, 0.2) is 70.2 Å². The molecule has 0 aliphatic carbocycles. The van der Waals surface area contributed by atoms with E-state index in [9.17, 15) is 22.8 Å². The van der Waals surface area contributed by atoms with Crippen LogP contribution in [-0.4, -0.2) is 60.5 Å². The van der Waals surface area contributed by atoms with Crippen LogP contribution < -0.4 is 10.6 Å². The van der Waals surface area contributed by atoms with Crippen molar-refractivity contribution in [3.8, 4) is 11.3 Å². The third-order valence-electron chi connectivity index (χ3n) is 6.47. The lowest BCUT2D eigenvalue weighted by Crippen LogP contribution is -2.52. The highest BCUT2D eigenvalue weighted by Crippen LogP contribution is 2.24. The molecule has 2 atom stereocenters. The van der Waals surface area contributed by atoms with E-state index in [1.165, 1.54) is 18.3 Å². The van der Waals surface area contributed by atoms with Gasteiger partial charge in [0.25, 0.3) is 15.9 Å². The van der Waals surface area contributed by atoms with Crippen LogP contribution in [0.5, 0.6) is 0 Å². The van der Waals surface area contributed by atoms with Gasteiger partial charge in [-0.15, -0.1) is 0 Å². The molecule has 0 spiro atoms. The van der Waals surface area contributed by atoms with Gasteiger partial charge in [-0.05, 0) is 73.7 Å². The number of Topliss-reactive ketones (excluding diaryl/α,β-unsaturated/α-hetero) is 1. The molecule has 0 radical (unpaired) electrons. The Morgan fingerprint density at radius 2 is 1.88 bits per heavy atom. The van der Waals surface area contributed by atoms with E-state index in [1.807, 2.05) is 13.8 Å². The smallest absolute Gasteiger partial charge is 0.287 e. The monoisotopic (exact) mass is 586 g/mol. The first-order chi connectivity index (χ1) is 19.0. The lowest BCUT2D eigenvalue weighted by atomic mass is 10.0. The maximum atomic E-state index is 13.3. The second-order valence-electron chi connectivity index (χ2n) is 10.0. The van der Waals surface area contributed by atoms with Gasteiger partial charge in [0.1, 0.15) is 11.8 Å². The zero-order valence-corrected chi connectivity index (χ0v) is 23.7. The van der Waals surface area contributed by atoms with E-state index in [-0.39, 0.29) is 36.2 Å². The number of benzene rings is 1. The number of carbonyl (C=O) groups is 3. The average molecular weight is 587 g/mol. The zero-order valence-electron chi connectivity index (χ0n) is 22.2. The predicted molar refractivity (Wildman–Crippen MR) is 149 cm³/mol. The van der Waals surface area contributed by atoms with Gasteiger partial charge in [0.2, 0.25) is 5.91 Å². The van der Waals surface area contributed by atoms with Crippen molar-refractivity contribution >= 4 is 39.2 Å². The van der Waals surface area contributed by atoms with Crippen LogP contribution in [0.1, 0.15) is 43.7 Å². The molecule has 40 heavy (non-hydrogen) atoms. The number of halogens is 1. The number of aromatic nitrogens is 1. The molecule has 3 heterocycles. The molecule has 4 rings (SSSR count). The normalized spacial score (nSPS) is 17.3. The van der Waals surface area contributed by atoms with Crippen molar-refractivity contribution in [3.05, 3.63) is 71.6 Å². The zero-order chi connectivity index (χ0) is 28.9. The Balaban J connectivity index is 1.42. The molecule has 12 heteroatoms. The van der Waals surface area contributed by atoms with E-state index in [4.69, 9.17) is 16.0 Å². The number of nitrogens with one attached hydrogen (secondary N) is 2. The lowest BCUT2D eigenvalue weighted by Gasteiger charge is -2.23. The van der Waals surface area contributed by atoms with Crippen molar-refractivity contribution in [3.63, 3.8) is 0 Å². The number of rotatable bonds is 9. The minimum absolute atomic E-state index is 0.0346. The van der Waals surface area contributed by atoms with E-state index in [0.29, 0.717) is 23.6 Å². The number of carbonyl (C=O) groups excluding carboxylic acids is 3. The molecule has 1 aliphatic heterocycles. The van der Waals surface area contributed by atoms with Gasteiger partial charge in [-0.25, -0.2) is 13.4 Å². The van der Waals surface area contributed by atoms with Crippen LogP contribution in [0.2, 0.25) is 5.02 Å².